The number of hydrogen-bond donors (Lipinski definition) is 2. The lowest BCUT2D eigenvalue weighted by Gasteiger charge is -2.29. The van der Waals surface area contributed by atoms with E-state index in [9.17, 15) is 4.79 Å². The van der Waals surface area contributed by atoms with Crippen molar-refractivity contribution in [3.63, 3.8) is 0 Å². The number of amides is 2. The fourth-order valence-electron chi connectivity index (χ4n) is 2.41. The van der Waals surface area contributed by atoms with E-state index in [0.717, 1.165) is 6.42 Å². The molecule has 0 fully saturated rings. The van der Waals surface area contributed by atoms with Crippen LogP contribution in [0.15, 0.2) is 22.9 Å². The highest BCUT2D eigenvalue weighted by atomic mass is 35.5. The van der Waals surface area contributed by atoms with Crippen molar-refractivity contribution in [3.05, 3.63) is 37.7 Å². The van der Waals surface area contributed by atoms with E-state index in [1.807, 2.05) is 12.3 Å². The van der Waals surface area contributed by atoms with Crippen LogP contribution < -0.4 is 10.6 Å². The van der Waals surface area contributed by atoms with Crippen molar-refractivity contribution in [1.82, 2.24) is 5.32 Å². The van der Waals surface area contributed by atoms with Crippen LogP contribution >= 0.6 is 34.3 Å². The molecule has 2 N–H and O–H groups in total. The molecule has 3 rings (SSSR count). The zero-order valence-corrected chi connectivity index (χ0v) is 13.8. The second kappa shape index (κ2) is 6.36. The summed E-state index contributed by atoms with van der Waals surface area (Å²) in [5.41, 5.74) is 1.82. The number of carbonyl (C=O) groups is 1. The van der Waals surface area contributed by atoms with Crippen molar-refractivity contribution in [1.29, 1.82) is 0 Å². The maximum Gasteiger partial charge on any atom is 0.319 e. The zero-order valence-electron chi connectivity index (χ0n) is 11.4. The van der Waals surface area contributed by atoms with E-state index in [1.165, 1.54) is 21.8 Å². The third kappa shape index (κ3) is 3.23. The van der Waals surface area contributed by atoms with E-state index in [2.05, 4.69) is 22.1 Å². The van der Waals surface area contributed by atoms with Gasteiger partial charge in [0.1, 0.15) is 10.4 Å². The molecule has 0 saturated carbocycles. The van der Waals surface area contributed by atoms with Crippen molar-refractivity contribution in [3.8, 4) is 0 Å². The molecule has 2 aromatic heterocycles. The minimum absolute atomic E-state index is 0.0938. The summed E-state index contributed by atoms with van der Waals surface area (Å²) in [5, 5.41) is 9.59. The topological polar surface area (TPSA) is 50.4 Å². The van der Waals surface area contributed by atoms with E-state index in [-0.39, 0.29) is 18.2 Å². The van der Waals surface area contributed by atoms with Crippen molar-refractivity contribution >= 4 is 46.0 Å². The molecule has 112 valence electrons. The molecular formula is C14H15ClN2O2S2. The fraction of sp³-hybridized carbons (Fsp3) is 0.357. The summed E-state index contributed by atoms with van der Waals surface area (Å²) in [4.78, 5) is 13.4. The van der Waals surface area contributed by atoms with Gasteiger partial charge in [0.15, 0.2) is 0 Å². The molecule has 0 aromatic carbocycles. The first-order valence-corrected chi connectivity index (χ1v) is 8.77. The Kier molecular flexibility index (Phi) is 4.49. The van der Waals surface area contributed by atoms with Gasteiger partial charge in [-0.1, -0.05) is 11.6 Å². The summed E-state index contributed by atoms with van der Waals surface area (Å²) in [6.45, 7) is 2.65. The Morgan fingerprint density at radius 2 is 2.24 bits per heavy atom. The first-order valence-electron chi connectivity index (χ1n) is 6.63. The smallest absolute Gasteiger partial charge is 0.319 e. The number of thiophene rings is 2. The van der Waals surface area contributed by atoms with E-state index in [4.69, 9.17) is 16.3 Å². The highest BCUT2D eigenvalue weighted by Gasteiger charge is 2.28. The van der Waals surface area contributed by atoms with Gasteiger partial charge in [-0.2, -0.15) is 0 Å². The monoisotopic (exact) mass is 342 g/mol. The Morgan fingerprint density at radius 1 is 1.43 bits per heavy atom. The number of halogens is 1. The summed E-state index contributed by atoms with van der Waals surface area (Å²) in [6, 6.07) is 3.48. The Bertz CT molecular complexity index is 640. The third-order valence-electron chi connectivity index (χ3n) is 3.39. The van der Waals surface area contributed by atoms with Gasteiger partial charge in [0.2, 0.25) is 0 Å². The summed E-state index contributed by atoms with van der Waals surface area (Å²) in [7, 11) is 0. The predicted octanol–water partition coefficient (Wildman–Crippen LogP) is 4.29. The van der Waals surface area contributed by atoms with Gasteiger partial charge >= 0.3 is 6.03 Å². The molecule has 1 aliphatic heterocycles. The normalized spacial score (nSPS) is 18.9. The fourth-order valence-corrected chi connectivity index (χ4v) is 4.15. The number of anilines is 1. The number of carbonyl (C=O) groups excluding carboxylic acids is 1. The Balaban J connectivity index is 1.63. The van der Waals surface area contributed by atoms with Crippen LogP contribution in [0, 0.1) is 0 Å². The van der Waals surface area contributed by atoms with Crippen molar-refractivity contribution in [2.45, 2.75) is 25.5 Å². The zero-order chi connectivity index (χ0) is 14.8. The highest BCUT2D eigenvalue weighted by molar-refractivity contribution is 7.15. The van der Waals surface area contributed by atoms with Gasteiger partial charge in [0, 0.05) is 11.3 Å². The minimum atomic E-state index is -0.270. The Morgan fingerprint density at radius 3 is 3.00 bits per heavy atom. The molecule has 2 amide bonds. The number of nitrogens with one attached hydrogen (secondary N) is 2. The van der Waals surface area contributed by atoms with Gasteiger partial charge in [-0.3, -0.25) is 0 Å². The van der Waals surface area contributed by atoms with Crippen molar-refractivity contribution in [2.75, 3.05) is 11.9 Å². The van der Waals surface area contributed by atoms with Crippen molar-refractivity contribution in [2.24, 2.45) is 0 Å². The molecule has 3 heterocycles. The summed E-state index contributed by atoms with van der Waals surface area (Å²) < 4.78 is 6.40. The number of fused-ring (bicyclic) bond motifs is 1. The van der Waals surface area contributed by atoms with Crippen LogP contribution in [0.1, 0.15) is 23.5 Å². The Hall–Kier alpha value is -1.08. The molecule has 0 spiro atoms. The van der Waals surface area contributed by atoms with E-state index >= 15 is 0 Å². The predicted molar refractivity (Wildman–Crippen MR) is 87.7 cm³/mol. The van der Waals surface area contributed by atoms with Crippen LogP contribution in [0.5, 0.6) is 0 Å². The molecule has 7 heteroatoms. The molecule has 0 saturated heterocycles. The molecular weight excluding hydrogens is 328 g/mol. The second-order valence-corrected chi connectivity index (χ2v) is 7.35. The molecule has 1 aliphatic rings. The lowest BCUT2D eigenvalue weighted by Crippen LogP contribution is -2.41. The van der Waals surface area contributed by atoms with Crippen LogP contribution in [-0.2, 0) is 11.2 Å². The maximum atomic E-state index is 12.0. The van der Waals surface area contributed by atoms with Gasteiger partial charge in [0.25, 0.3) is 0 Å². The van der Waals surface area contributed by atoms with E-state index in [1.54, 1.807) is 17.4 Å². The number of urea groups is 1. The van der Waals surface area contributed by atoms with Crippen LogP contribution in [0.3, 0.4) is 0 Å². The highest BCUT2D eigenvalue weighted by Crippen LogP contribution is 2.33. The quantitative estimate of drug-likeness (QED) is 0.874. The molecule has 0 radical (unpaired) electrons. The molecule has 2 atom stereocenters. The largest absolute Gasteiger partial charge is 0.371 e. The van der Waals surface area contributed by atoms with Gasteiger partial charge in [-0.05, 0) is 35.4 Å². The third-order valence-corrected chi connectivity index (χ3v) is 5.56. The molecule has 2 unspecified atom stereocenters. The lowest BCUT2D eigenvalue weighted by atomic mass is 10.0. The van der Waals surface area contributed by atoms with E-state index in [0.29, 0.717) is 16.6 Å². The summed E-state index contributed by atoms with van der Waals surface area (Å²) in [6.07, 6.45) is 0.858. The Labute approximate surface area is 136 Å². The number of ether oxygens (including phenoxy) is 1. The number of rotatable bonds is 3. The molecule has 2 aromatic rings. The van der Waals surface area contributed by atoms with Crippen molar-refractivity contribution < 1.29 is 9.53 Å². The van der Waals surface area contributed by atoms with Gasteiger partial charge in [-0.15, -0.1) is 22.7 Å². The number of hydrogen-bond acceptors (Lipinski definition) is 4. The average molecular weight is 343 g/mol. The first kappa shape index (κ1) is 14.8. The SMILES string of the molecule is CC(NC(=O)Nc1ccsc1Cl)C1OCCc2sccc21. The summed E-state index contributed by atoms with van der Waals surface area (Å²) in [5.74, 6) is 0. The molecule has 0 bridgehead atoms. The van der Waals surface area contributed by atoms with E-state index < -0.39 is 0 Å². The second-order valence-electron chi connectivity index (χ2n) is 4.84. The molecule has 21 heavy (non-hydrogen) atoms. The molecule has 4 nitrogen and oxygen atoms in total. The van der Waals surface area contributed by atoms with Crippen LogP contribution in [0.4, 0.5) is 10.5 Å². The lowest BCUT2D eigenvalue weighted by molar-refractivity contribution is 0.0238. The van der Waals surface area contributed by atoms with Crippen LogP contribution in [0.2, 0.25) is 4.34 Å². The standard InChI is InChI=1S/C14H15ClN2O2S2/c1-8(12-9-3-6-20-11(9)2-5-19-12)16-14(18)17-10-4-7-21-13(10)15/h3-4,6-8,12H,2,5H2,1H3,(H2,16,17,18). The van der Waals surface area contributed by atoms with Gasteiger partial charge < -0.3 is 15.4 Å². The van der Waals surface area contributed by atoms with Gasteiger partial charge in [-0.25, -0.2) is 4.79 Å². The van der Waals surface area contributed by atoms with Crippen LogP contribution in [-0.4, -0.2) is 18.7 Å². The van der Waals surface area contributed by atoms with Gasteiger partial charge in [0.05, 0.1) is 18.3 Å². The maximum absolute atomic E-state index is 12.0. The van der Waals surface area contributed by atoms with Crippen LogP contribution in [0.25, 0.3) is 0 Å². The minimum Gasteiger partial charge on any atom is -0.371 e. The summed E-state index contributed by atoms with van der Waals surface area (Å²) >= 11 is 9.11. The first-order chi connectivity index (χ1) is 10.1. The molecule has 0 aliphatic carbocycles. The average Bonchev–Trinajstić information content (AvgIpc) is 3.07.